The molecule has 0 aliphatic heterocycles. The summed E-state index contributed by atoms with van der Waals surface area (Å²) in [6.07, 6.45) is 2.11. The van der Waals surface area contributed by atoms with Crippen molar-refractivity contribution in [2.24, 2.45) is 0 Å². The molecule has 1 aromatic rings. The van der Waals surface area contributed by atoms with Gasteiger partial charge in [-0.25, -0.2) is 4.39 Å². The van der Waals surface area contributed by atoms with E-state index in [0.29, 0.717) is 6.61 Å². The summed E-state index contributed by atoms with van der Waals surface area (Å²) < 4.78 is 17.7. The molecular formula is C14H20FNO2. The van der Waals surface area contributed by atoms with Crippen molar-refractivity contribution in [3.8, 4) is 0 Å². The molecule has 0 fully saturated rings. The third-order valence-corrected chi connectivity index (χ3v) is 2.45. The lowest BCUT2D eigenvalue weighted by atomic mass is 10.1. The van der Waals surface area contributed by atoms with Crippen molar-refractivity contribution in [3.05, 3.63) is 35.6 Å². The third kappa shape index (κ3) is 6.35. The predicted octanol–water partition coefficient (Wildman–Crippen LogP) is 2.30. The van der Waals surface area contributed by atoms with Gasteiger partial charge in [-0.15, -0.1) is 0 Å². The van der Waals surface area contributed by atoms with Crippen LogP contribution in [0.5, 0.6) is 0 Å². The molecule has 1 rings (SSSR count). The highest BCUT2D eigenvalue weighted by Crippen LogP contribution is 2.04. The Balaban J connectivity index is 2.12. The van der Waals surface area contributed by atoms with Gasteiger partial charge in [0.05, 0.1) is 13.0 Å². The highest BCUT2D eigenvalue weighted by atomic mass is 19.1. The van der Waals surface area contributed by atoms with Crippen LogP contribution in [0.3, 0.4) is 0 Å². The lowest BCUT2D eigenvalue weighted by Gasteiger charge is -2.05. The molecule has 0 aliphatic rings. The van der Waals surface area contributed by atoms with Gasteiger partial charge in [-0.2, -0.15) is 0 Å². The average molecular weight is 253 g/mol. The standard InChI is InChI=1S/C14H20FNO2/c1-2-8-16-9-3-10-18-14(17)11-12-4-6-13(15)7-5-12/h4-7,16H,2-3,8-11H2,1H3. The quantitative estimate of drug-likeness (QED) is 0.570. The van der Waals surface area contributed by atoms with Crippen molar-refractivity contribution in [3.63, 3.8) is 0 Å². The van der Waals surface area contributed by atoms with Gasteiger partial charge in [0, 0.05) is 0 Å². The maximum atomic E-state index is 12.7. The van der Waals surface area contributed by atoms with Crippen LogP contribution in [-0.4, -0.2) is 25.7 Å². The van der Waals surface area contributed by atoms with Gasteiger partial charge in [0.1, 0.15) is 5.82 Å². The molecule has 0 saturated carbocycles. The van der Waals surface area contributed by atoms with Gasteiger partial charge in [0.15, 0.2) is 0 Å². The largest absolute Gasteiger partial charge is 0.465 e. The van der Waals surface area contributed by atoms with Crippen LogP contribution in [0, 0.1) is 5.82 Å². The Morgan fingerprint density at radius 1 is 1.28 bits per heavy atom. The third-order valence-electron chi connectivity index (χ3n) is 2.45. The van der Waals surface area contributed by atoms with Gasteiger partial charge in [0.25, 0.3) is 0 Å². The zero-order chi connectivity index (χ0) is 13.2. The topological polar surface area (TPSA) is 38.3 Å². The minimum Gasteiger partial charge on any atom is -0.465 e. The van der Waals surface area contributed by atoms with E-state index in [4.69, 9.17) is 4.74 Å². The summed E-state index contributed by atoms with van der Waals surface area (Å²) in [4.78, 5) is 11.4. The average Bonchev–Trinajstić information content (AvgIpc) is 2.36. The summed E-state index contributed by atoms with van der Waals surface area (Å²) in [7, 11) is 0. The van der Waals surface area contributed by atoms with Crippen LogP contribution in [-0.2, 0) is 16.0 Å². The van der Waals surface area contributed by atoms with E-state index >= 15 is 0 Å². The molecular weight excluding hydrogens is 233 g/mol. The summed E-state index contributed by atoms with van der Waals surface area (Å²) in [5.41, 5.74) is 0.769. The minimum atomic E-state index is -0.297. The van der Waals surface area contributed by atoms with Crippen LogP contribution in [0.25, 0.3) is 0 Å². The molecule has 4 heteroatoms. The molecule has 0 aliphatic carbocycles. The van der Waals surface area contributed by atoms with Gasteiger partial charge in [0.2, 0.25) is 0 Å². The summed E-state index contributed by atoms with van der Waals surface area (Å²) in [5, 5.41) is 3.23. The zero-order valence-corrected chi connectivity index (χ0v) is 10.7. The Morgan fingerprint density at radius 2 is 2.00 bits per heavy atom. The summed E-state index contributed by atoms with van der Waals surface area (Å²) in [5.74, 6) is -0.564. The molecule has 0 unspecified atom stereocenters. The van der Waals surface area contributed by atoms with E-state index in [1.807, 2.05) is 0 Å². The van der Waals surface area contributed by atoms with Crippen LogP contribution < -0.4 is 5.32 Å². The Kier molecular flexibility index (Phi) is 7.03. The van der Waals surface area contributed by atoms with Crippen molar-refractivity contribution in [1.29, 1.82) is 0 Å². The SMILES string of the molecule is CCCNCCCOC(=O)Cc1ccc(F)cc1. The number of benzene rings is 1. The van der Waals surface area contributed by atoms with Crippen LogP contribution >= 0.6 is 0 Å². The number of halogens is 1. The number of esters is 1. The molecule has 0 saturated heterocycles. The fourth-order valence-electron chi connectivity index (χ4n) is 1.50. The van der Waals surface area contributed by atoms with Crippen molar-refractivity contribution in [2.75, 3.05) is 19.7 Å². The number of hydrogen-bond acceptors (Lipinski definition) is 3. The second-order valence-corrected chi connectivity index (χ2v) is 4.13. The molecule has 1 aromatic carbocycles. The highest BCUT2D eigenvalue weighted by molar-refractivity contribution is 5.72. The lowest BCUT2D eigenvalue weighted by Crippen LogP contribution is -2.18. The fourth-order valence-corrected chi connectivity index (χ4v) is 1.50. The van der Waals surface area contributed by atoms with Crippen molar-refractivity contribution in [2.45, 2.75) is 26.2 Å². The van der Waals surface area contributed by atoms with E-state index in [1.165, 1.54) is 12.1 Å². The molecule has 0 aromatic heterocycles. The first-order valence-corrected chi connectivity index (χ1v) is 6.33. The summed E-state index contributed by atoms with van der Waals surface area (Å²) in [6, 6.07) is 5.88. The van der Waals surface area contributed by atoms with Crippen LogP contribution in [0.15, 0.2) is 24.3 Å². The van der Waals surface area contributed by atoms with Gasteiger partial charge in [-0.3, -0.25) is 4.79 Å². The van der Waals surface area contributed by atoms with E-state index in [9.17, 15) is 9.18 Å². The Morgan fingerprint density at radius 3 is 2.67 bits per heavy atom. The molecule has 100 valence electrons. The minimum absolute atomic E-state index is 0.197. The second-order valence-electron chi connectivity index (χ2n) is 4.13. The number of ether oxygens (including phenoxy) is 1. The van der Waals surface area contributed by atoms with Gasteiger partial charge < -0.3 is 10.1 Å². The van der Waals surface area contributed by atoms with E-state index < -0.39 is 0 Å². The summed E-state index contributed by atoms with van der Waals surface area (Å²) >= 11 is 0. The molecule has 1 N–H and O–H groups in total. The van der Waals surface area contributed by atoms with Crippen molar-refractivity contribution in [1.82, 2.24) is 5.32 Å². The zero-order valence-electron chi connectivity index (χ0n) is 10.7. The van der Waals surface area contributed by atoms with E-state index in [-0.39, 0.29) is 18.2 Å². The number of hydrogen-bond donors (Lipinski definition) is 1. The molecule has 0 bridgehead atoms. The van der Waals surface area contributed by atoms with Crippen molar-refractivity contribution >= 4 is 5.97 Å². The molecule has 0 atom stereocenters. The Labute approximate surface area is 107 Å². The van der Waals surface area contributed by atoms with E-state index in [0.717, 1.165) is 31.5 Å². The molecule has 0 spiro atoms. The number of carbonyl (C=O) groups excluding carboxylic acids is 1. The predicted molar refractivity (Wildman–Crippen MR) is 68.8 cm³/mol. The maximum absolute atomic E-state index is 12.7. The van der Waals surface area contributed by atoms with Crippen LogP contribution in [0.4, 0.5) is 4.39 Å². The first-order valence-electron chi connectivity index (χ1n) is 6.33. The Hall–Kier alpha value is -1.42. The molecule has 18 heavy (non-hydrogen) atoms. The van der Waals surface area contributed by atoms with Crippen LogP contribution in [0.2, 0.25) is 0 Å². The molecule has 0 heterocycles. The van der Waals surface area contributed by atoms with Gasteiger partial charge >= 0.3 is 5.97 Å². The van der Waals surface area contributed by atoms with Gasteiger partial charge in [-0.05, 0) is 43.6 Å². The molecule has 0 radical (unpaired) electrons. The maximum Gasteiger partial charge on any atom is 0.310 e. The monoisotopic (exact) mass is 253 g/mol. The lowest BCUT2D eigenvalue weighted by molar-refractivity contribution is -0.142. The summed E-state index contributed by atoms with van der Waals surface area (Å²) in [6.45, 7) is 4.38. The number of rotatable bonds is 8. The fraction of sp³-hybridized carbons (Fsp3) is 0.500. The molecule has 0 amide bonds. The van der Waals surface area contributed by atoms with Crippen molar-refractivity contribution < 1.29 is 13.9 Å². The van der Waals surface area contributed by atoms with Crippen LogP contribution in [0.1, 0.15) is 25.3 Å². The Bertz CT molecular complexity index is 351. The highest BCUT2D eigenvalue weighted by Gasteiger charge is 2.04. The number of carbonyl (C=O) groups is 1. The second kappa shape index (κ2) is 8.64. The van der Waals surface area contributed by atoms with E-state index in [1.54, 1.807) is 12.1 Å². The first kappa shape index (κ1) is 14.6. The first-order chi connectivity index (χ1) is 8.72. The smallest absolute Gasteiger partial charge is 0.310 e. The van der Waals surface area contributed by atoms with E-state index in [2.05, 4.69) is 12.2 Å². The van der Waals surface area contributed by atoms with Gasteiger partial charge in [-0.1, -0.05) is 19.1 Å². The normalized spacial score (nSPS) is 10.3. The molecule has 3 nitrogen and oxygen atoms in total. The number of nitrogens with one attached hydrogen (secondary N) is 1.